The van der Waals surface area contributed by atoms with Gasteiger partial charge in [0, 0.05) is 55.3 Å². The quantitative estimate of drug-likeness (QED) is 0.444. The summed E-state index contributed by atoms with van der Waals surface area (Å²) in [6, 6.07) is 19.2. The lowest BCUT2D eigenvalue weighted by Gasteiger charge is -2.40. The fourth-order valence-electron chi connectivity index (χ4n) is 4.80. The maximum atomic E-state index is 15.2. The number of pyridine rings is 1. The topological polar surface area (TPSA) is 31.7 Å². The van der Waals surface area contributed by atoms with E-state index < -0.39 is 0 Å². The minimum absolute atomic E-state index is 0.139. The standard InChI is InChI=1S/C30H29FN4/c1-21-18-29(24-13-15-32-16-14-24)33-30(34(21)3)35-17-7-10-26(20-35)22(2)27-12-11-25(19-28(27)31)23-8-5-4-6-9-23/h4-6,8-9,11-16,18-19,26H,1-2,7,10,17,20H2,3H3. The van der Waals surface area contributed by atoms with E-state index in [1.165, 1.54) is 0 Å². The zero-order chi connectivity index (χ0) is 24.4. The van der Waals surface area contributed by atoms with Gasteiger partial charge in [0.1, 0.15) is 5.82 Å². The summed E-state index contributed by atoms with van der Waals surface area (Å²) >= 11 is 0. The Kier molecular flexibility index (Phi) is 6.32. The Morgan fingerprint density at radius 3 is 2.51 bits per heavy atom. The number of hydrogen-bond acceptors (Lipinski definition) is 4. The molecule has 1 aromatic heterocycles. The molecule has 1 saturated heterocycles. The highest BCUT2D eigenvalue weighted by molar-refractivity contribution is 5.91. The molecule has 0 radical (unpaired) electrons. The third-order valence-electron chi connectivity index (χ3n) is 6.85. The number of aromatic nitrogens is 1. The molecule has 2 aliphatic heterocycles. The predicted octanol–water partition coefficient (Wildman–Crippen LogP) is 6.47. The first kappa shape index (κ1) is 22.8. The first-order chi connectivity index (χ1) is 17.0. The Morgan fingerprint density at radius 1 is 1.00 bits per heavy atom. The smallest absolute Gasteiger partial charge is 0.206 e. The summed E-state index contributed by atoms with van der Waals surface area (Å²) in [5.41, 5.74) is 6.07. The normalized spacial score (nSPS) is 18.2. The van der Waals surface area contributed by atoms with E-state index >= 15 is 4.39 Å². The van der Waals surface area contributed by atoms with E-state index in [1.54, 1.807) is 18.5 Å². The van der Waals surface area contributed by atoms with Gasteiger partial charge in [-0.05, 0) is 53.8 Å². The molecule has 1 fully saturated rings. The highest BCUT2D eigenvalue weighted by Crippen LogP contribution is 2.34. The van der Waals surface area contributed by atoms with Gasteiger partial charge in [-0.3, -0.25) is 4.98 Å². The number of allylic oxidation sites excluding steroid dienone is 1. The third-order valence-corrected chi connectivity index (χ3v) is 6.85. The van der Waals surface area contributed by atoms with Crippen molar-refractivity contribution in [2.24, 2.45) is 10.9 Å². The van der Waals surface area contributed by atoms with E-state index in [0.717, 1.165) is 65.5 Å². The Balaban J connectivity index is 1.37. The van der Waals surface area contributed by atoms with Gasteiger partial charge in [0.2, 0.25) is 5.96 Å². The molecule has 3 heterocycles. The van der Waals surface area contributed by atoms with Crippen LogP contribution in [-0.4, -0.2) is 40.9 Å². The largest absolute Gasteiger partial charge is 0.342 e. The van der Waals surface area contributed by atoms with Gasteiger partial charge in [0.15, 0.2) is 0 Å². The van der Waals surface area contributed by atoms with E-state index in [1.807, 2.05) is 72.6 Å². The number of rotatable bonds is 4. The highest BCUT2D eigenvalue weighted by atomic mass is 19.1. The summed E-state index contributed by atoms with van der Waals surface area (Å²) < 4.78 is 15.2. The minimum Gasteiger partial charge on any atom is -0.342 e. The second kappa shape index (κ2) is 9.71. The van der Waals surface area contributed by atoms with Crippen molar-refractivity contribution >= 4 is 17.2 Å². The molecule has 0 aliphatic carbocycles. The summed E-state index contributed by atoms with van der Waals surface area (Å²) in [5.74, 6) is 0.777. The van der Waals surface area contributed by atoms with Gasteiger partial charge in [-0.1, -0.05) is 55.6 Å². The summed E-state index contributed by atoms with van der Waals surface area (Å²) in [6.07, 6.45) is 7.49. The van der Waals surface area contributed by atoms with E-state index in [2.05, 4.69) is 23.0 Å². The molecule has 4 nitrogen and oxygen atoms in total. The van der Waals surface area contributed by atoms with Gasteiger partial charge >= 0.3 is 0 Å². The lowest BCUT2D eigenvalue weighted by atomic mass is 9.86. The van der Waals surface area contributed by atoms with Crippen molar-refractivity contribution in [3.63, 3.8) is 0 Å². The first-order valence-corrected chi connectivity index (χ1v) is 11.9. The van der Waals surface area contributed by atoms with Crippen molar-refractivity contribution in [1.29, 1.82) is 0 Å². The molecule has 5 rings (SSSR count). The fraction of sp³-hybridized carbons (Fsp3) is 0.200. The van der Waals surface area contributed by atoms with E-state index in [4.69, 9.17) is 4.99 Å². The van der Waals surface area contributed by atoms with E-state index in [0.29, 0.717) is 5.56 Å². The number of piperidine rings is 1. The second-order valence-corrected chi connectivity index (χ2v) is 9.10. The number of likely N-dealkylation sites (N-methyl/N-ethyl adjacent to an activating group) is 1. The molecule has 1 unspecified atom stereocenters. The van der Waals surface area contributed by atoms with Crippen molar-refractivity contribution in [3.05, 3.63) is 115 Å². The fourth-order valence-corrected chi connectivity index (χ4v) is 4.80. The lowest BCUT2D eigenvalue weighted by molar-refractivity contribution is 0.275. The van der Waals surface area contributed by atoms with Crippen LogP contribution in [0.15, 0.2) is 103 Å². The van der Waals surface area contributed by atoms with E-state index in [-0.39, 0.29) is 11.7 Å². The molecule has 0 amide bonds. The monoisotopic (exact) mass is 464 g/mol. The summed E-state index contributed by atoms with van der Waals surface area (Å²) in [4.78, 5) is 13.4. The van der Waals surface area contributed by atoms with Crippen molar-refractivity contribution in [2.45, 2.75) is 12.8 Å². The van der Waals surface area contributed by atoms with Crippen LogP contribution in [0.5, 0.6) is 0 Å². The molecular weight excluding hydrogens is 435 g/mol. The Morgan fingerprint density at radius 2 is 1.77 bits per heavy atom. The number of benzene rings is 2. The number of hydrogen-bond donors (Lipinski definition) is 0. The van der Waals surface area contributed by atoms with Crippen LogP contribution in [0.25, 0.3) is 22.4 Å². The van der Waals surface area contributed by atoms with Crippen molar-refractivity contribution in [1.82, 2.24) is 14.8 Å². The van der Waals surface area contributed by atoms with Crippen LogP contribution >= 0.6 is 0 Å². The maximum absolute atomic E-state index is 15.2. The average molecular weight is 465 g/mol. The molecule has 176 valence electrons. The Labute approximate surface area is 206 Å². The van der Waals surface area contributed by atoms with Gasteiger partial charge < -0.3 is 9.80 Å². The van der Waals surface area contributed by atoms with Crippen molar-refractivity contribution in [2.75, 3.05) is 20.1 Å². The van der Waals surface area contributed by atoms with Gasteiger partial charge in [-0.15, -0.1) is 0 Å². The minimum atomic E-state index is -0.225. The van der Waals surface area contributed by atoms with Gasteiger partial charge in [-0.25, -0.2) is 9.38 Å². The molecule has 0 N–H and O–H groups in total. The summed E-state index contributed by atoms with van der Waals surface area (Å²) in [6.45, 7) is 10.2. The van der Waals surface area contributed by atoms with Crippen LogP contribution in [0.2, 0.25) is 0 Å². The molecule has 0 bridgehead atoms. The molecule has 0 saturated carbocycles. The third kappa shape index (κ3) is 4.67. The molecule has 1 atom stereocenters. The van der Waals surface area contributed by atoms with Crippen LogP contribution < -0.4 is 0 Å². The Hall–Kier alpha value is -3.99. The van der Waals surface area contributed by atoms with Gasteiger partial charge in [0.25, 0.3) is 0 Å². The van der Waals surface area contributed by atoms with Crippen LogP contribution in [0.1, 0.15) is 24.0 Å². The number of nitrogens with zero attached hydrogens (tertiary/aromatic N) is 4. The predicted molar refractivity (Wildman–Crippen MR) is 142 cm³/mol. The van der Waals surface area contributed by atoms with E-state index in [9.17, 15) is 0 Å². The number of guanidine groups is 1. The number of aliphatic imine (C=N–C) groups is 1. The molecule has 3 aromatic rings. The SMILES string of the molecule is C=C(c1ccc(-c2ccccc2)cc1F)C1CCCN(C2=NC(c3ccncc3)=CC(=C)N2C)C1. The molecule has 5 heteroatoms. The van der Waals surface area contributed by atoms with Crippen molar-refractivity contribution in [3.8, 4) is 11.1 Å². The van der Waals surface area contributed by atoms with Crippen molar-refractivity contribution < 1.29 is 4.39 Å². The van der Waals surface area contributed by atoms with Gasteiger partial charge in [-0.2, -0.15) is 0 Å². The molecule has 2 aromatic carbocycles. The van der Waals surface area contributed by atoms with Crippen LogP contribution in [0.3, 0.4) is 0 Å². The first-order valence-electron chi connectivity index (χ1n) is 11.9. The van der Waals surface area contributed by atoms with Gasteiger partial charge in [0.05, 0.1) is 5.70 Å². The molecule has 35 heavy (non-hydrogen) atoms. The molecular formula is C30H29FN4. The summed E-state index contributed by atoms with van der Waals surface area (Å²) in [7, 11) is 1.99. The van der Waals surface area contributed by atoms with Crippen LogP contribution in [0, 0.1) is 11.7 Å². The number of likely N-dealkylation sites (tertiary alicyclic amines) is 1. The zero-order valence-electron chi connectivity index (χ0n) is 20.0. The Bertz CT molecular complexity index is 1310. The maximum Gasteiger partial charge on any atom is 0.206 e. The summed E-state index contributed by atoms with van der Waals surface area (Å²) in [5, 5.41) is 0. The zero-order valence-corrected chi connectivity index (χ0v) is 20.0. The van der Waals surface area contributed by atoms with Crippen LogP contribution in [0.4, 0.5) is 4.39 Å². The average Bonchev–Trinajstić information content (AvgIpc) is 2.91. The lowest BCUT2D eigenvalue weighted by Crippen LogP contribution is -2.47. The number of halogens is 1. The highest BCUT2D eigenvalue weighted by Gasteiger charge is 2.29. The van der Waals surface area contributed by atoms with Crippen LogP contribution in [-0.2, 0) is 0 Å². The second-order valence-electron chi connectivity index (χ2n) is 9.10. The molecule has 0 spiro atoms. The molecule has 2 aliphatic rings.